The van der Waals surface area contributed by atoms with Gasteiger partial charge in [-0.05, 0) is 31.0 Å². The highest BCUT2D eigenvalue weighted by Crippen LogP contribution is 2.35. The van der Waals surface area contributed by atoms with Gasteiger partial charge in [-0.1, -0.05) is 6.07 Å². The summed E-state index contributed by atoms with van der Waals surface area (Å²) in [7, 11) is 0. The molecule has 21 heavy (non-hydrogen) atoms. The summed E-state index contributed by atoms with van der Waals surface area (Å²) in [5.41, 5.74) is 0.555. The van der Waals surface area contributed by atoms with Crippen LogP contribution in [0.2, 0.25) is 0 Å². The Bertz CT molecular complexity index is 685. The smallest absolute Gasteiger partial charge is 0.346 e. The Hall–Kier alpha value is -1.50. The number of benzene rings is 1. The summed E-state index contributed by atoms with van der Waals surface area (Å²) in [4.78, 5) is 13.7. The fourth-order valence-corrected chi connectivity index (χ4v) is 3.99. The molecule has 1 saturated heterocycles. The van der Waals surface area contributed by atoms with Gasteiger partial charge in [0.1, 0.15) is 10.7 Å². The number of aromatic carboxylic acids is 1. The van der Waals surface area contributed by atoms with E-state index in [1.165, 1.54) is 6.07 Å². The minimum Gasteiger partial charge on any atom is -0.477 e. The predicted molar refractivity (Wildman–Crippen MR) is 79.2 cm³/mol. The molecule has 1 aliphatic rings. The SMILES string of the molecule is O=C(O)c1sc2cccc(F)c2c1CN1CCC(CO)C1. The minimum atomic E-state index is -1.01. The van der Waals surface area contributed by atoms with Crippen LogP contribution in [-0.4, -0.2) is 40.8 Å². The van der Waals surface area contributed by atoms with Gasteiger partial charge in [0, 0.05) is 35.3 Å². The molecule has 0 saturated carbocycles. The van der Waals surface area contributed by atoms with E-state index in [0.717, 1.165) is 30.8 Å². The molecule has 6 heteroatoms. The number of thiophene rings is 1. The fraction of sp³-hybridized carbons (Fsp3) is 0.400. The van der Waals surface area contributed by atoms with Crippen molar-refractivity contribution in [2.75, 3.05) is 19.7 Å². The Balaban J connectivity index is 2.00. The van der Waals surface area contributed by atoms with Crippen LogP contribution in [0.4, 0.5) is 4.39 Å². The van der Waals surface area contributed by atoms with Crippen LogP contribution >= 0.6 is 11.3 Å². The van der Waals surface area contributed by atoms with Crippen molar-refractivity contribution in [2.45, 2.75) is 13.0 Å². The highest BCUT2D eigenvalue weighted by Gasteiger charge is 2.26. The molecular formula is C15H16FNO3S. The van der Waals surface area contributed by atoms with E-state index in [9.17, 15) is 19.4 Å². The Morgan fingerprint density at radius 3 is 2.95 bits per heavy atom. The molecule has 0 aliphatic carbocycles. The van der Waals surface area contributed by atoms with Crippen LogP contribution in [0.3, 0.4) is 0 Å². The van der Waals surface area contributed by atoms with Crippen molar-refractivity contribution in [3.63, 3.8) is 0 Å². The predicted octanol–water partition coefficient (Wildman–Crippen LogP) is 2.55. The summed E-state index contributed by atoms with van der Waals surface area (Å²) in [5.74, 6) is -1.15. The molecule has 112 valence electrons. The van der Waals surface area contributed by atoms with E-state index in [4.69, 9.17) is 0 Å². The monoisotopic (exact) mass is 309 g/mol. The topological polar surface area (TPSA) is 60.8 Å². The van der Waals surface area contributed by atoms with Gasteiger partial charge >= 0.3 is 5.97 Å². The van der Waals surface area contributed by atoms with Gasteiger partial charge in [-0.2, -0.15) is 0 Å². The zero-order chi connectivity index (χ0) is 15.0. The number of fused-ring (bicyclic) bond motifs is 1. The van der Waals surface area contributed by atoms with E-state index in [1.54, 1.807) is 12.1 Å². The number of hydrogen-bond donors (Lipinski definition) is 2. The van der Waals surface area contributed by atoms with Crippen LogP contribution in [0.5, 0.6) is 0 Å². The van der Waals surface area contributed by atoms with Gasteiger partial charge in [-0.25, -0.2) is 9.18 Å². The lowest BCUT2D eigenvalue weighted by atomic mass is 10.1. The zero-order valence-corrected chi connectivity index (χ0v) is 12.2. The van der Waals surface area contributed by atoms with E-state index in [2.05, 4.69) is 4.90 Å². The lowest BCUT2D eigenvalue weighted by molar-refractivity contribution is 0.0700. The highest BCUT2D eigenvalue weighted by atomic mass is 32.1. The molecule has 0 spiro atoms. The maximum absolute atomic E-state index is 14.1. The van der Waals surface area contributed by atoms with Gasteiger partial charge < -0.3 is 10.2 Å². The largest absolute Gasteiger partial charge is 0.477 e. The Labute approximate surface area is 125 Å². The first kappa shape index (κ1) is 14.4. The third kappa shape index (κ3) is 2.66. The molecule has 1 aliphatic heterocycles. The van der Waals surface area contributed by atoms with Crippen LogP contribution in [0.25, 0.3) is 10.1 Å². The van der Waals surface area contributed by atoms with Crippen LogP contribution in [-0.2, 0) is 6.54 Å². The summed E-state index contributed by atoms with van der Waals surface area (Å²) in [6.07, 6.45) is 0.892. The third-order valence-electron chi connectivity index (χ3n) is 3.97. The maximum Gasteiger partial charge on any atom is 0.346 e. The summed E-state index contributed by atoms with van der Waals surface area (Å²) in [6.45, 7) is 2.08. The second kappa shape index (κ2) is 5.71. The van der Waals surface area contributed by atoms with E-state index in [-0.39, 0.29) is 23.2 Å². The Morgan fingerprint density at radius 2 is 2.29 bits per heavy atom. The lowest BCUT2D eigenvalue weighted by Gasteiger charge is -2.16. The summed E-state index contributed by atoms with van der Waals surface area (Å²) in [5, 5.41) is 19.0. The number of rotatable bonds is 4. The van der Waals surface area contributed by atoms with Gasteiger partial charge in [0.2, 0.25) is 0 Å². The number of halogens is 1. The molecule has 0 bridgehead atoms. The second-order valence-electron chi connectivity index (χ2n) is 5.40. The van der Waals surface area contributed by atoms with Crippen molar-refractivity contribution < 1.29 is 19.4 Å². The van der Waals surface area contributed by atoms with Crippen LogP contribution < -0.4 is 0 Å². The average molecular weight is 309 g/mol. The first-order chi connectivity index (χ1) is 10.1. The van der Waals surface area contributed by atoms with Gasteiger partial charge in [-0.15, -0.1) is 11.3 Å². The van der Waals surface area contributed by atoms with Gasteiger partial charge in [0.25, 0.3) is 0 Å². The number of hydrogen-bond acceptors (Lipinski definition) is 4. The van der Waals surface area contributed by atoms with Crippen molar-refractivity contribution in [3.05, 3.63) is 34.5 Å². The molecule has 4 nitrogen and oxygen atoms in total. The summed E-state index contributed by atoms with van der Waals surface area (Å²) < 4.78 is 14.8. The van der Waals surface area contributed by atoms with E-state index in [1.807, 2.05) is 0 Å². The molecule has 1 fully saturated rings. The molecule has 2 heterocycles. The van der Waals surface area contributed by atoms with Crippen LogP contribution in [0.15, 0.2) is 18.2 Å². The molecule has 1 aromatic heterocycles. The second-order valence-corrected chi connectivity index (χ2v) is 6.45. The van der Waals surface area contributed by atoms with E-state index >= 15 is 0 Å². The van der Waals surface area contributed by atoms with Crippen molar-refractivity contribution in [1.29, 1.82) is 0 Å². The molecule has 0 amide bonds. The average Bonchev–Trinajstić information content (AvgIpc) is 3.05. The molecule has 2 aromatic rings. The van der Waals surface area contributed by atoms with Gasteiger partial charge in [-0.3, -0.25) is 4.90 Å². The van der Waals surface area contributed by atoms with Crippen molar-refractivity contribution >= 4 is 27.4 Å². The fourth-order valence-electron chi connectivity index (χ4n) is 2.92. The zero-order valence-electron chi connectivity index (χ0n) is 11.4. The number of aliphatic hydroxyl groups excluding tert-OH is 1. The summed E-state index contributed by atoms with van der Waals surface area (Å²) in [6, 6.07) is 4.71. The first-order valence-corrected chi connectivity index (χ1v) is 7.68. The first-order valence-electron chi connectivity index (χ1n) is 6.86. The number of carboxylic acids is 1. The molecule has 2 N–H and O–H groups in total. The Morgan fingerprint density at radius 1 is 1.48 bits per heavy atom. The number of aliphatic hydroxyl groups is 1. The number of carbonyl (C=O) groups is 1. The van der Waals surface area contributed by atoms with Crippen molar-refractivity contribution in [1.82, 2.24) is 4.90 Å². The number of carboxylic acid groups (broad SMARTS) is 1. The van der Waals surface area contributed by atoms with Crippen molar-refractivity contribution in [2.24, 2.45) is 5.92 Å². The number of nitrogens with zero attached hydrogens (tertiary/aromatic N) is 1. The molecule has 1 atom stereocenters. The standard InChI is InChI=1S/C15H16FNO3S/c16-11-2-1-3-12-13(11)10(14(21-12)15(19)20)7-17-5-4-9(6-17)8-18/h1-3,9,18H,4-8H2,(H,19,20). The van der Waals surface area contributed by atoms with Crippen molar-refractivity contribution in [3.8, 4) is 0 Å². The highest BCUT2D eigenvalue weighted by molar-refractivity contribution is 7.21. The van der Waals surface area contributed by atoms with E-state index in [0.29, 0.717) is 22.2 Å². The van der Waals surface area contributed by atoms with Crippen LogP contribution in [0, 0.1) is 11.7 Å². The van der Waals surface area contributed by atoms with Gasteiger partial charge in [0.15, 0.2) is 0 Å². The Kier molecular flexibility index (Phi) is 3.93. The third-order valence-corrected chi connectivity index (χ3v) is 5.15. The van der Waals surface area contributed by atoms with Gasteiger partial charge in [0.05, 0.1) is 0 Å². The minimum absolute atomic E-state index is 0.140. The molecule has 3 rings (SSSR count). The maximum atomic E-state index is 14.1. The quantitative estimate of drug-likeness (QED) is 0.911. The molecule has 0 radical (unpaired) electrons. The molecular weight excluding hydrogens is 293 g/mol. The van der Waals surface area contributed by atoms with E-state index < -0.39 is 5.97 Å². The summed E-state index contributed by atoms with van der Waals surface area (Å²) >= 11 is 1.12. The lowest BCUT2D eigenvalue weighted by Crippen LogP contribution is -2.22. The number of likely N-dealkylation sites (tertiary alicyclic amines) is 1. The molecule has 1 aromatic carbocycles. The molecule has 1 unspecified atom stereocenters. The normalized spacial score (nSPS) is 19.4. The van der Waals surface area contributed by atoms with Crippen LogP contribution in [0.1, 0.15) is 21.7 Å².